The fraction of sp³-hybridized carbons (Fsp3) is 0.350. The molecule has 0 radical (unpaired) electrons. The third-order valence-corrected chi connectivity index (χ3v) is 5.88. The van der Waals surface area contributed by atoms with E-state index in [1.165, 1.54) is 12.8 Å². The first kappa shape index (κ1) is 18.7. The predicted molar refractivity (Wildman–Crippen MR) is 112 cm³/mol. The topological polar surface area (TPSA) is 12.5 Å². The van der Waals surface area contributed by atoms with E-state index in [1.54, 1.807) is 0 Å². The quantitative estimate of drug-likeness (QED) is 0.536. The van der Waals surface area contributed by atoms with Crippen LogP contribution in [0, 0.1) is 5.92 Å². The fourth-order valence-electron chi connectivity index (χ4n) is 2.89. The molecule has 132 valence electrons. The predicted octanol–water partition coefficient (Wildman–Crippen LogP) is 6.09. The lowest BCUT2D eigenvalue weighted by atomic mass is 9.99. The summed E-state index contributed by atoms with van der Waals surface area (Å²) in [6.45, 7) is 4.84. The van der Waals surface area contributed by atoms with Crippen LogP contribution in [0.15, 0.2) is 46.9 Å². The van der Waals surface area contributed by atoms with Crippen molar-refractivity contribution in [1.29, 1.82) is 0 Å². The van der Waals surface area contributed by atoms with Gasteiger partial charge in [-0.25, -0.2) is 0 Å². The second kappa shape index (κ2) is 8.52. The number of ether oxygens (including phenoxy) is 1. The largest absolute Gasteiger partial charge is 0.487 e. The van der Waals surface area contributed by atoms with Crippen LogP contribution in [0.5, 0.6) is 5.75 Å². The van der Waals surface area contributed by atoms with Gasteiger partial charge in [0.1, 0.15) is 17.3 Å². The van der Waals surface area contributed by atoms with Crippen LogP contribution in [-0.4, -0.2) is 23.0 Å². The van der Waals surface area contributed by atoms with Crippen LogP contribution in [0.3, 0.4) is 0 Å². The zero-order valence-corrected chi connectivity index (χ0v) is 17.3. The highest BCUT2D eigenvalue weighted by Gasteiger charge is 2.19. The summed E-state index contributed by atoms with van der Waals surface area (Å²) in [6.07, 6.45) is 2.39. The lowest BCUT2D eigenvalue weighted by Crippen LogP contribution is -2.37. The molecule has 1 fully saturated rings. The maximum absolute atomic E-state index is 6.42. The monoisotopic (exact) mass is 437 g/mol. The van der Waals surface area contributed by atoms with E-state index < -0.39 is 0 Å². The summed E-state index contributed by atoms with van der Waals surface area (Å²) in [6, 6.07) is 13.9. The number of likely N-dealkylation sites (tertiary alicyclic amines) is 1. The summed E-state index contributed by atoms with van der Waals surface area (Å²) < 4.78 is 6.91. The summed E-state index contributed by atoms with van der Waals surface area (Å²) in [5, 5.41) is 0.599. The van der Waals surface area contributed by atoms with Crippen LogP contribution in [0.2, 0.25) is 5.02 Å². The van der Waals surface area contributed by atoms with Gasteiger partial charge in [0.05, 0.1) is 5.02 Å². The molecular formula is C20H21BrClNOS. The molecular weight excluding hydrogens is 418 g/mol. The number of rotatable bonds is 4. The van der Waals surface area contributed by atoms with Gasteiger partial charge in [-0.3, -0.25) is 0 Å². The molecule has 2 aromatic carbocycles. The lowest BCUT2D eigenvalue weighted by molar-refractivity contribution is 0.284. The molecule has 1 heterocycles. The van der Waals surface area contributed by atoms with Gasteiger partial charge < -0.3 is 9.64 Å². The standard InChI is InChI=1S/C20H21BrClNOS/c1-14-8-10-23(11-9-14)20(25)16-4-7-19(18(22)12-16)24-13-15-2-5-17(21)6-3-15/h2-7,12,14H,8-11,13H2,1H3. The number of benzene rings is 2. The molecule has 2 aromatic rings. The Balaban J connectivity index is 1.64. The second-order valence-electron chi connectivity index (χ2n) is 6.54. The SMILES string of the molecule is CC1CCN(C(=S)c2ccc(OCc3ccc(Br)cc3)c(Cl)c2)CC1. The van der Waals surface area contributed by atoms with Gasteiger partial charge in [0.25, 0.3) is 0 Å². The van der Waals surface area contributed by atoms with Gasteiger partial charge in [0, 0.05) is 23.1 Å². The first-order valence-corrected chi connectivity index (χ1v) is 10.1. The summed E-state index contributed by atoms with van der Waals surface area (Å²) in [4.78, 5) is 3.16. The first-order valence-electron chi connectivity index (χ1n) is 8.49. The molecule has 0 saturated carbocycles. The van der Waals surface area contributed by atoms with E-state index in [0.29, 0.717) is 17.4 Å². The Kier molecular flexibility index (Phi) is 6.37. The van der Waals surface area contributed by atoms with Crippen LogP contribution in [0.1, 0.15) is 30.9 Å². The molecule has 0 unspecified atom stereocenters. The first-order chi connectivity index (χ1) is 12.0. The minimum atomic E-state index is 0.487. The normalized spacial score (nSPS) is 15.2. The third-order valence-electron chi connectivity index (χ3n) is 4.56. The van der Waals surface area contributed by atoms with Crippen molar-refractivity contribution < 1.29 is 4.74 Å². The van der Waals surface area contributed by atoms with Crippen molar-refractivity contribution in [2.24, 2.45) is 5.92 Å². The molecule has 0 bridgehead atoms. The Labute approximate surface area is 168 Å². The Morgan fingerprint density at radius 1 is 1.20 bits per heavy atom. The molecule has 0 aliphatic carbocycles. The molecule has 1 aliphatic heterocycles. The van der Waals surface area contributed by atoms with E-state index in [2.05, 4.69) is 27.8 Å². The van der Waals surface area contributed by atoms with Crippen molar-refractivity contribution in [2.45, 2.75) is 26.4 Å². The molecule has 1 saturated heterocycles. The highest BCUT2D eigenvalue weighted by Crippen LogP contribution is 2.28. The van der Waals surface area contributed by atoms with Gasteiger partial charge in [0.15, 0.2) is 0 Å². The minimum Gasteiger partial charge on any atom is -0.487 e. The van der Waals surface area contributed by atoms with Crippen molar-refractivity contribution in [3.8, 4) is 5.75 Å². The van der Waals surface area contributed by atoms with Crippen LogP contribution >= 0.6 is 39.7 Å². The smallest absolute Gasteiger partial charge is 0.138 e. The molecule has 0 spiro atoms. The summed E-state index contributed by atoms with van der Waals surface area (Å²) in [5.41, 5.74) is 2.09. The molecule has 1 aliphatic rings. The average molecular weight is 439 g/mol. The van der Waals surface area contributed by atoms with Gasteiger partial charge in [-0.2, -0.15) is 0 Å². The van der Waals surface area contributed by atoms with Crippen LogP contribution in [0.4, 0.5) is 0 Å². The van der Waals surface area contributed by atoms with E-state index in [9.17, 15) is 0 Å². The third kappa shape index (κ3) is 4.96. The zero-order chi connectivity index (χ0) is 17.8. The Hall–Kier alpha value is -1.10. The van der Waals surface area contributed by atoms with Gasteiger partial charge in [-0.1, -0.05) is 58.8 Å². The van der Waals surface area contributed by atoms with Gasteiger partial charge >= 0.3 is 0 Å². The Morgan fingerprint density at radius 2 is 1.88 bits per heavy atom. The fourth-order valence-corrected chi connectivity index (χ4v) is 3.70. The van der Waals surface area contributed by atoms with Crippen LogP contribution < -0.4 is 4.74 Å². The Morgan fingerprint density at radius 3 is 2.52 bits per heavy atom. The number of thiocarbonyl (C=S) groups is 1. The maximum atomic E-state index is 6.42. The highest BCUT2D eigenvalue weighted by atomic mass is 79.9. The number of nitrogens with zero attached hydrogens (tertiary/aromatic N) is 1. The lowest BCUT2D eigenvalue weighted by Gasteiger charge is -2.32. The Bertz CT molecular complexity index is 742. The minimum absolute atomic E-state index is 0.487. The summed E-state index contributed by atoms with van der Waals surface area (Å²) in [7, 11) is 0. The molecule has 2 nitrogen and oxygen atoms in total. The van der Waals surface area contributed by atoms with Crippen molar-refractivity contribution in [1.82, 2.24) is 4.90 Å². The van der Waals surface area contributed by atoms with Crippen molar-refractivity contribution in [2.75, 3.05) is 13.1 Å². The van der Waals surface area contributed by atoms with E-state index in [0.717, 1.165) is 39.6 Å². The maximum Gasteiger partial charge on any atom is 0.138 e. The number of halogens is 2. The zero-order valence-electron chi connectivity index (χ0n) is 14.2. The van der Waals surface area contributed by atoms with E-state index in [4.69, 9.17) is 28.6 Å². The van der Waals surface area contributed by atoms with E-state index in [1.807, 2.05) is 42.5 Å². The molecule has 25 heavy (non-hydrogen) atoms. The van der Waals surface area contributed by atoms with E-state index >= 15 is 0 Å². The van der Waals surface area contributed by atoms with Crippen molar-refractivity contribution in [3.63, 3.8) is 0 Å². The van der Waals surface area contributed by atoms with E-state index in [-0.39, 0.29) is 0 Å². The molecule has 0 amide bonds. The highest BCUT2D eigenvalue weighted by molar-refractivity contribution is 9.10. The molecule has 5 heteroatoms. The van der Waals surface area contributed by atoms with Crippen LogP contribution in [-0.2, 0) is 6.61 Å². The van der Waals surface area contributed by atoms with Gasteiger partial charge in [-0.15, -0.1) is 0 Å². The number of hydrogen-bond donors (Lipinski definition) is 0. The van der Waals surface area contributed by atoms with Crippen molar-refractivity contribution >= 4 is 44.7 Å². The van der Waals surface area contributed by atoms with Crippen molar-refractivity contribution in [3.05, 3.63) is 63.1 Å². The number of hydrogen-bond acceptors (Lipinski definition) is 2. The summed E-state index contributed by atoms with van der Waals surface area (Å²) >= 11 is 15.5. The molecule has 3 rings (SSSR count). The van der Waals surface area contributed by atoms with Crippen LogP contribution in [0.25, 0.3) is 0 Å². The molecule has 0 N–H and O–H groups in total. The van der Waals surface area contributed by atoms with Gasteiger partial charge in [-0.05, 0) is 54.7 Å². The average Bonchev–Trinajstić information content (AvgIpc) is 2.62. The van der Waals surface area contributed by atoms with Gasteiger partial charge in [0.2, 0.25) is 0 Å². The summed E-state index contributed by atoms with van der Waals surface area (Å²) in [5.74, 6) is 1.47. The second-order valence-corrected chi connectivity index (χ2v) is 8.24. The number of piperidine rings is 1. The molecule has 0 aromatic heterocycles. The molecule has 0 atom stereocenters.